The average molecular weight is 1090 g/mol. The highest BCUT2D eigenvalue weighted by molar-refractivity contribution is 7.94. The van der Waals surface area contributed by atoms with E-state index in [9.17, 15) is 47.9 Å². The minimum absolute atomic E-state index is 0.0180. The molecule has 0 saturated carbocycles. The van der Waals surface area contributed by atoms with Crippen molar-refractivity contribution in [3.05, 3.63) is 97.1 Å². The number of rotatable bonds is 21. The Hall–Kier alpha value is -6.48. The molecular weight excluding hydrogens is 1050 g/mol. The molecule has 0 fully saturated rings. The number of aromatic hydroxyl groups is 1. The van der Waals surface area contributed by atoms with Gasteiger partial charge in [-0.1, -0.05) is 10.1 Å². The number of sulfonamides is 1. The summed E-state index contributed by atoms with van der Waals surface area (Å²) in [6.45, 7) is -0.338. The second-order valence-electron chi connectivity index (χ2n) is 13.5. The van der Waals surface area contributed by atoms with E-state index in [1.165, 1.54) is 78.9 Å². The maximum Gasteiger partial charge on any atom is 0.296 e. The van der Waals surface area contributed by atoms with Gasteiger partial charge in [0.25, 0.3) is 30.3 Å². The largest absolute Gasteiger partial charge is 0.505 e. The molecule has 70 heavy (non-hydrogen) atoms. The minimum atomic E-state index is -5.11. The van der Waals surface area contributed by atoms with E-state index >= 15 is 0 Å². The van der Waals surface area contributed by atoms with Crippen molar-refractivity contribution in [3.63, 3.8) is 0 Å². The van der Waals surface area contributed by atoms with Crippen molar-refractivity contribution in [2.75, 3.05) is 34.3 Å². The van der Waals surface area contributed by atoms with Gasteiger partial charge >= 0.3 is 0 Å². The van der Waals surface area contributed by atoms with E-state index in [1.807, 2.05) is 0 Å². The van der Waals surface area contributed by atoms with Crippen LogP contribution in [0.3, 0.4) is 0 Å². The predicted octanol–water partition coefficient (Wildman–Crippen LogP) is 8.04. The molecule has 6 aromatic carbocycles. The lowest BCUT2D eigenvalue weighted by molar-refractivity contribution is -0.434. The van der Waals surface area contributed by atoms with Crippen molar-refractivity contribution in [2.45, 2.75) is 24.5 Å². The Kier molecular flexibility index (Phi) is 16.7. The van der Waals surface area contributed by atoms with Gasteiger partial charge < -0.3 is 22.3 Å². The number of nitrogens with zero attached hydrogens (tertiary/aromatic N) is 6. The van der Waals surface area contributed by atoms with E-state index in [2.05, 4.69) is 54.2 Å². The summed E-state index contributed by atoms with van der Waals surface area (Å²) in [5.41, 5.74) is 16.0. The normalized spacial score (nSPS) is 12.7. The van der Waals surface area contributed by atoms with E-state index in [0.717, 1.165) is 18.2 Å². The maximum atomic E-state index is 13.2. The summed E-state index contributed by atoms with van der Waals surface area (Å²) in [7, 11) is -17.9. The monoisotopic (exact) mass is 1080 g/mol. The first-order valence-corrected chi connectivity index (χ1v) is 25.9. The Bertz CT molecular complexity index is 3480. The van der Waals surface area contributed by atoms with Crippen molar-refractivity contribution < 1.29 is 81.3 Å². The Morgan fingerprint density at radius 2 is 1.14 bits per heavy atom. The molecule has 370 valence electrons. The van der Waals surface area contributed by atoms with Crippen LogP contribution in [0, 0.1) is 0 Å². The van der Waals surface area contributed by atoms with Gasteiger partial charge in [-0.05, 0) is 102 Å². The van der Waals surface area contributed by atoms with Crippen molar-refractivity contribution in [2.24, 2.45) is 30.7 Å². The molecule has 0 saturated heterocycles. The molecule has 0 aliphatic heterocycles. The smallest absolute Gasteiger partial charge is 0.296 e. The molecule has 0 aliphatic rings. The molecule has 0 aromatic heterocycles. The lowest BCUT2D eigenvalue weighted by Gasteiger charge is -2.14. The van der Waals surface area contributed by atoms with Gasteiger partial charge in [-0.25, -0.2) is 27.4 Å². The zero-order valence-electron chi connectivity index (χ0n) is 34.6. The second-order valence-corrected chi connectivity index (χ2v) is 21.3. The third-order valence-electron chi connectivity index (χ3n) is 8.99. The third kappa shape index (κ3) is 13.0. The number of hydrogen-bond acceptors (Lipinski definition) is 27. The van der Waals surface area contributed by atoms with Gasteiger partial charge in [-0.3, -0.25) is 18.0 Å². The van der Waals surface area contributed by atoms with E-state index in [4.69, 9.17) is 31.9 Å². The highest BCUT2D eigenvalue weighted by atomic mass is 32.2. The maximum absolute atomic E-state index is 13.2. The summed E-state index contributed by atoms with van der Waals surface area (Å²) in [5, 5.41) is 58.8. The molecule has 6 rings (SSSR count). The zero-order chi connectivity index (χ0) is 51.0. The van der Waals surface area contributed by atoms with E-state index < -0.39 is 72.8 Å². The van der Waals surface area contributed by atoms with Gasteiger partial charge in [-0.2, -0.15) is 32.2 Å². The van der Waals surface area contributed by atoms with Crippen LogP contribution in [0.5, 0.6) is 5.75 Å². The first-order chi connectivity index (χ1) is 33.0. The van der Waals surface area contributed by atoms with Gasteiger partial charge in [0, 0.05) is 5.69 Å². The first-order valence-electron chi connectivity index (χ1n) is 18.5. The van der Waals surface area contributed by atoms with Crippen LogP contribution in [0.15, 0.2) is 152 Å². The van der Waals surface area contributed by atoms with Gasteiger partial charge in [0.2, 0.25) is 0 Å². The Morgan fingerprint density at radius 3 is 1.71 bits per heavy atom. The average Bonchev–Trinajstić information content (AvgIpc) is 3.29. The first kappa shape index (κ1) is 52.9. The van der Waals surface area contributed by atoms with Crippen molar-refractivity contribution in [1.82, 2.24) is 0 Å². The van der Waals surface area contributed by atoms with Crippen LogP contribution in [0.1, 0.15) is 0 Å². The van der Waals surface area contributed by atoms with Crippen LogP contribution in [0.25, 0.3) is 10.8 Å². The molecule has 0 atom stereocenters. The minimum Gasteiger partial charge on any atom is -0.505 e. The standard InChI is InChI=1S/C36H32N10O18S6/c37-26-17-27(38)30(69(54,55)56)18-28(26)43-40-21-7-11-25(12-8-21)68(52,53)46-23-3-1-20(2-4-23)42-45-35-31(70(57,58)59)16-19-15-29(65-63-61-48)34(36(47)32(19)33(35)39)44-41-22-5-9-24(10-6-22)67(50,51)14-13-60-66-64-62-49/h1-12,15-18,46-49H,13-14,37-39H2,(H,54,55,56)(H,57,58,59). The SMILES string of the molecule is Nc1cc(N)c(S(=O)(=O)O)cc1N=Nc1ccc(S(=O)(=O)Nc2ccc(N=Nc3c(S(=O)(=O)O)cc4cc(SOOO)c(N=Nc5ccc(S(=O)(=O)CCOSOOO)cc5)c(O)c4c3N)cc2)cc1. The third-order valence-corrected chi connectivity index (χ3v) is 14.9. The van der Waals surface area contributed by atoms with Crippen LogP contribution < -0.4 is 21.9 Å². The van der Waals surface area contributed by atoms with Crippen molar-refractivity contribution in [3.8, 4) is 5.75 Å². The van der Waals surface area contributed by atoms with Gasteiger partial charge in [0.05, 0.1) is 78.6 Å². The molecule has 0 spiro atoms. The summed E-state index contributed by atoms with van der Waals surface area (Å²) in [6, 6.07) is 19.1. The summed E-state index contributed by atoms with van der Waals surface area (Å²) in [4.78, 5) is -1.99. The fraction of sp³-hybridized carbons (Fsp3) is 0.0556. The number of nitrogens with one attached hydrogen (secondary N) is 1. The van der Waals surface area contributed by atoms with Crippen molar-refractivity contribution >= 4 is 132 Å². The summed E-state index contributed by atoms with van der Waals surface area (Å²) >= 11 is 0.488. The van der Waals surface area contributed by atoms with Crippen LogP contribution in [0.2, 0.25) is 0 Å². The number of nitrogens with two attached hydrogens (primary N) is 3. The summed E-state index contributed by atoms with van der Waals surface area (Å²) in [6.07, 6.45) is 0. The van der Waals surface area contributed by atoms with E-state index in [-0.39, 0.29) is 102 Å². The van der Waals surface area contributed by atoms with Crippen LogP contribution in [0.4, 0.5) is 56.9 Å². The van der Waals surface area contributed by atoms with Crippen LogP contribution in [-0.2, 0) is 63.0 Å². The lowest BCUT2D eigenvalue weighted by Crippen LogP contribution is -2.12. The molecule has 0 heterocycles. The van der Waals surface area contributed by atoms with Crippen molar-refractivity contribution in [1.29, 1.82) is 0 Å². The molecule has 0 bridgehead atoms. The van der Waals surface area contributed by atoms with E-state index in [0.29, 0.717) is 0 Å². The number of anilines is 4. The fourth-order valence-electron chi connectivity index (χ4n) is 5.81. The molecule has 6 aromatic rings. The summed E-state index contributed by atoms with van der Waals surface area (Å²) < 4.78 is 135. The molecule has 12 N–H and O–H groups in total. The van der Waals surface area contributed by atoms with Crippen LogP contribution >= 0.6 is 24.4 Å². The van der Waals surface area contributed by atoms with E-state index in [1.54, 1.807) is 0 Å². The predicted molar refractivity (Wildman–Crippen MR) is 249 cm³/mol. The highest BCUT2D eigenvalue weighted by Gasteiger charge is 2.26. The molecule has 0 aliphatic carbocycles. The Labute approximate surface area is 403 Å². The summed E-state index contributed by atoms with van der Waals surface area (Å²) in [5.74, 6) is -1.23. The topological polar surface area (TPSA) is 448 Å². The number of azo groups is 3. The molecule has 0 amide bonds. The molecule has 0 radical (unpaired) electrons. The number of fused-ring (bicyclic) bond motifs is 1. The number of hydrogen-bond donors (Lipinski definition) is 9. The molecular formula is C36H32N10O18S6. The lowest BCUT2D eigenvalue weighted by atomic mass is 10.1. The number of phenols is 1. The second kappa shape index (κ2) is 22.1. The Balaban J connectivity index is 1.23. The zero-order valence-corrected chi connectivity index (χ0v) is 39.5. The molecule has 34 heteroatoms. The molecule has 28 nitrogen and oxygen atoms in total. The van der Waals surface area contributed by atoms with Gasteiger partial charge in [-0.15, -0.1) is 24.0 Å². The van der Waals surface area contributed by atoms with Gasteiger partial charge in [0.1, 0.15) is 26.9 Å². The fourth-order valence-corrected chi connectivity index (χ4v) is 10.1. The Morgan fingerprint density at radius 1 is 0.600 bits per heavy atom. The molecule has 0 unspecified atom stereocenters. The van der Waals surface area contributed by atoms with Gasteiger partial charge in [0.15, 0.2) is 27.9 Å². The van der Waals surface area contributed by atoms with Crippen LogP contribution in [-0.4, -0.2) is 70.8 Å². The number of nitrogen functional groups attached to an aromatic ring is 3. The number of benzene rings is 6. The number of sulfone groups is 1. The highest BCUT2D eigenvalue weighted by Crippen LogP contribution is 2.50. The quantitative estimate of drug-likeness (QED) is 0.00626. The number of phenolic OH excluding ortho intramolecular Hbond substituents is 1.